The number of hydrogen-bond acceptors (Lipinski definition) is 6. The Kier molecular flexibility index (Phi) is 7.70. The minimum Gasteiger partial charge on any atom is -0.390 e. The summed E-state index contributed by atoms with van der Waals surface area (Å²) >= 11 is 0. The summed E-state index contributed by atoms with van der Waals surface area (Å²) in [5.74, 6) is -0.00525. The van der Waals surface area contributed by atoms with Crippen molar-refractivity contribution in [3.05, 3.63) is 11.8 Å². The summed E-state index contributed by atoms with van der Waals surface area (Å²) < 4.78 is 0. The molecular weight excluding hydrogens is 320 g/mol. The molecule has 8 nitrogen and oxygen atoms in total. The van der Waals surface area contributed by atoms with Gasteiger partial charge < -0.3 is 20.9 Å². The number of carbonyl (C=O) groups is 2. The third-order valence-electron chi connectivity index (χ3n) is 4.62. The zero-order valence-corrected chi connectivity index (χ0v) is 14.7. The van der Waals surface area contributed by atoms with Gasteiger partial charge in [0.15, 0.2) is 0 Å². The predicted octanol–water partition coefficient (Wildman–Crippen LogP) is -0.901. The minimum absolute atomic E-state index is 0.129. The number of likely N-dealkylation sites (tertiary alicyclic amines) is 1. The monoisotopic (exact) mass is 348 g/mol. The Morgan fingerprint density at radius 1 is 1.24 bits per heavy atom. The Hall–Kier alpha value is -2.11. The molecule has 8 heteroatoms. The summed E-state index contributed by atoms with van der Waals surface area (Å²) in [5, 5.41) is 12.3. The number of hydrogen-bond donors (Lipinski definition) is 2. The van der Waals surface area contributed by atoms with Gasteiger partial charge in [0.2, 0.25) is 5.91 Å². The first-order valence-electron chi connectivity index (χ1n) is 8.99. The van der Waals surface area contributed by atoms with Crippen molar-refractivity contribution in [2.75, 3.05) is 58.9 Å². The summed E-state index contributed by atoms with van der Waals surface area (Å²) in [6.45, 7) is 6.47. The van der Waals surface area contributed by atoms with E-state index in [2.05, 4.69) is 10.2 Å². The molecule has 2 fully saturated rings. The molecule has 0 atom stereocenters. The molecule has 25 heavy (non-hydrogen) atoms. The highest BCUT2D eigenvalue weighted by molar-refractivity contribution is 5.97. The fourth-order valence-electron chi connectivity index (χ4n) is 3.16. The Morgan fingerprint density at radius 3 is 2.60 bits per heavy atom. The van der Waals surface area contributed by atoms with Crippen molar-refractivity contribution >= 4 is 11.8 Å². The zero-order valence-electron chi connectivity index (χ0n) is 14.7. The van der Waals surface area contributed by atoms with E-state index in [1.165, 1.54) is 6.20 Å². The van der Waals surface area contributed by atoms with Crippen LogP contribution < -0.4 is 11.1 Å². The summed E-state index contributed by atoms with van der Waals surface area (Å²) in [4.78, 5) is 29.7. The van der Waals surface area contributed by atoms with Crippen molar-refractivity contribution in [1.29, 1.82) is 5.26 Å². The van der Waals surface area contributed by atoms with Crippen LogP contribution in [0.3, 0.4) is 0 Å². The number of nitrogens with one attached hydrogen (secondary N) is 1. The normalized spacial score (nSPS) is 19.2. The first-order chi connectivity index (χ1) is 12.2. The van der Waals surface area contributed by atoms with Gasteiger partial charge in [-0.3, -0.25) is 14.5 Å². The molecule has 0 aromatic heterocycles. The fourth-order valence-corrected chi connectivity index (χ4v) is 3.16. The average Bonchev–Trinajstić information content (AvgIpc) is 3.03. The molecule has 0 spiro atoms. The number of carbonyl (C=O) groups excluding carboxylic acids is 2. The number of nitrogens with zero attached hydrogens (tertiary/aromatic N) is 4. The van der Waals surface area contributed by atoms with Gasteiger partial charge in [-0.25, -0.2) is 0 Å². The van der Waals surface area contributed by atoms with E-state index in [-0.39, 0.29) is 17.4 Å². The first kappa shape index (κ1) is 19.2. The standard InChI is InChI=1S/C17H28N6O2/c18-4-8-21-9-11-23(12-10-21)17(25)15(13-19)14-20-5-2-7-22-6-1-3-16(22)24/h14,20H,1-12,18H2/b15-14-. The second-order valence-corrected chi connectivity index (χ2v) is 6.38. The van der Waals surface area contributed by atoms with E-state index in [0.717, 1.165) is 45.6 Å². The molecule has 2 amide bonds. The topological polar surface area (TPSA) is 106 Å². The Balaban J connectivity index is 1.71. The molecule has 0 aromatic rings. The third-order valence-corrected chi connectivity index (χ3v) is 4.62. The molecule has 2 heterocycles. The van der Waals surface area contributed by atoms with Crippen molar-refractivity contribution in [3.63, 3.8) is 0 Å². The Bertz CT molecular complexity index is 534. The second kappa shape index (κ2) is 10.0. The highest BCUT2D eigenvalue weighted by Crippen LogP contribution is 2.09. The van der Waals surface area contributed by atoms with Crippen LogP contribution in [-0.4, -0.2) is 85.4 Å². The van der Waals surface area contributed by atoms with Crippen molar-refractivity contribution in [2.45, 2.75) is 19.3 Å². The molecule has 2 aliphatic heterocycles. The minimum atomic E-state index is -0.225. The van der Waals surface area contributed by atoms with Crippen LogP contribution in [0.2, 0.25) is 0 Å². The molecule has 0 unspecified atom stereocenters. The van der Waals surface area contributed by atoms with Crippen LogP contribution in [0.25, 0.3) is 0 Å². The van der Waals surface area contributed by atoms with Gasteiger partial charge in [-0.2, -0.15) is 5.26 Å². The summed E-state index contributed by atoms with van der Waals surface area (Å²) in [5.41, 5.74) is 5.68. The lowest BCUT2D eigenvalue weighted by atomic mass is 10.2. The Labute approximate surface area is 149 Å². The molecule has 0 bridgehead atoms. The summed E-state index contributed by atoms with van der Waals surface area (Å²) in [7, 11) is 0. The van der Waals surface area contributed by atoms with Gasteiger partial charge in [0.25, 0.3) is 5.91 Å². The SMILES string of the molecule is N#C/C(=C/NCCCN1CCCC1=O)C(=O)N1CCN(CCN)CC1. The Morgan fingerprint density at radius 2 is 2.00 bits per heavy atom. The van der Waals surface area contributed by atoms with Gasteiger partial charge in [0, 0.05) is 71.5 Å². The lowest BCUT2D eigenvalue weighted by Crippen LogP contribution is -2.50. The summed E-state index contributed by atoms with van der Waals surface area (Å²) in [6.07, 6.45) is 3.89. The fraction of sp³-hybridized carbons (Fsp3) is 0.706. The van der Waals surface area contributed by atoms with Gasteiger partial charge in [-0.05, 0) is 12.8 Å². The number of piperazine rings is 1. The van der Waals surface area contributed by atoms with Crippen molar-refractivity contribution in [1.82, 2.24) is 20.0 Å². The van der Waals surface area contributed by atoms with Crippen molar-refractivity contribution < 1.29 is 9.59 Å². The van der Waals surface area contributed by atoms with Crippen LogP contribution in [0.5, 0.6) is 0 Å². The van der Waals surface area contributed by atoms with Gasteiger partial charge in [-0.1, -0.05) is 0 Å². The third kappa shape index (κ3) is 5.73. The highest BCUT2D eigenvalue weighted by Gasteiger charge is 2.23. The van der Waals surface area contributed by atoms with Crippen LogP contribution in [0.1, 0.15) is 19.3 Å². The number of nitrogens with two attached hydrogens (primary N) is 1. The van der Waals surface area contributed by atoms with Gasteiger partial charge in [0.05, 0.1) is 0 Å². The predicted molar refractivity (Wildman–Crippen MR) is 94.2 cm³/mol. The summed E-state index contributed by atoms with van der Waals surface area (Å²) in [6, 6.07) is 1.98. The van der Waals surface area contributed by atoms with Crippen LogP contribution in [-0.2, 0) is 9.59 Å². The van der Waals surface area contributed by atoms with E-state index in [1.54, 1.807) is 4.90 Å². The van der Waals surface area contributed by atoms with Gasteiger partial charge in [0.1, 0.15) is 11.6 Å². The number of nitriles is 1. The maximum atomic E-state index is 12.4. The van der Waals surface area contributed by atoms with E-state index in [1.807, 2.05) is 11.0 Å². The van der Waals surface area contributed by atoms with Crippen LogP contribution in [0, 0.1) is 11.3 Å². The highest BCUT2D eigenvalue weighted by atomic mass is 16.2. The van der Waals surface area contributed by atoms with Crippen molar-refractivity contribution in [2.24, 2.45) is 5.73 Å². The molecule has 138 valence electrons. The van der Waals surface area contributed by atoms with Gasteiger partial charge in [-0.15, -0.1) is 0 Å². The molecule has 2 saturated heterocycles. The maximum absolute atomic E-state index is 12.4. The molecule has 2 rings (SSSR count). The molecule has 2 aliphatic rings. The van der Waals surface area contributed by atoms with E-state index in [0.29, 0.717) is 32.6 Å². The molecule has 0 radical (unpaired) electrons. The quantitative estimate of drug-likeness (QED) is 0.334. The first-order valence-corrected chi connectivity index (χ1v) is 8.99. The van der Waals surface area contributed by atoms with E-state index < -0.39 is 0 Å². The zero-order chi connectivity index (χ0) is 18.1. The lowest BCUT2D eigenvalue weighted by Gasteiger charge is -2.34. The largest absolute Gasteiger partial charge is 0.390 e. The van der Waals surface area contributed by atoms with Crippen LogP contribution >= 0.6 is 0 Å². The average molecular weight is 348 g/mol. The molecule has 3 N–H and O–H groups in total. The molecule has 0 aromatic carbocycles. The number of rotatable bonds is 8. The van der Waals surface area contributed by atoms with E-state index in [9.17, 15) is 14.9 Å². The van der Waals surface area contributed by atoms with Gasteiger partial charge >= 0.3 is 0 Å². The smallest absolute Gasteiger partial charge is 0.266 e. The molecular formula is C17H28N6O2. The van der Waals surface area contributed by atoms with Crippen molar-refractivity contribution in [3.8, 4) is 6.07 Å². The van der Waals surface area contributed by atoms with Crippen LogP contribution in [0.4, 0.5) is 0 Å². The van der Waals surface area contributed by atoms with Crippen LogP contribution in [0.15, 0.2) is 11.8 Å². The number of amides is 2. The second-order valence-electron chi connectivity index (χ2n) is 6.38. The maximum Gasteiger partial charge on any atom is 0.266 e. The molecule has 0 saturated carbocycles. The van der Waals surface area contributed by atoms with E-state index in [4.69, 9.17) is 5.73 Å². The lowest BCUT2D eigenvalue weighted by molar-refractivity contribution is -0.128. The molecule has 0 aliphatic carbocycles. The van der Waals surface area contributed by atoms with E-state index >= 15 is 0 Å².